The Labute approximate surface area is 160 Å². The predicted octanol–water partition coefficient (Wildman–Crippen LogP) is 2.52. The molecule has 3 aromatic rings. The molecule has 2 heterocycles. The van der Waals surface area contributed by atoms with Gasteiger partial charge in [-0.3, -0.25) is 14.7 Å². The van der Waals surface area contributed by atoms with Crippen molar-refractivity contribution in [2.45, 2.75) is 18.6 Å². The van der Waals surface area contributed by atoms with Gasteiger partial charge in [0.25, 0.3) is 0 Å². The van der Waals surface area contributed by atoms with Crippen LogP contribution in [0.15, 0.2) is 58.3 Å². The molecule has 2 aromatic heterocycles. The second-order valence-electron chi connectivity index (χ2n) is 5.53. The van der Waals surface area contributed by atoms with Gasteiger partial charge >= 0.3 is 6.03 Å². The highest BCUT2D eigenvalue weighted by molar-refractivity contribution is 7.99. The number of aromatic nitrogens is 3. The molecule has 1 aromatic carbocycles. The van der Waals surface area contributed by atoms with Crippen LogP contribution in [0.25, 0.3) is 11.4 Å². The predicted molar refractivity (Wildman–Crippen MR) is 101 cm³/mol. The zero-order valence-corrected chi connectivity index (χ0v) is 15.5. The maximum atomic E-state index is 11.9. The first-order valence-corrected chi connectivity index (χ1v) is 9.37. The molecule has 0 atom stereocenters. The van der Waals surface area contributed by atoms with E-state index in [0.717, 1.165) is 11.3 Å². The van der Waals surface area contributed by atoms with Crippen LogP contribution in [-0.4, -0.2) is 39.0 Å². The molecule has 3 amide bonds. The molecular weight excluding hydrogens is 366 g/mol. The van der Waals surface area contributed by atoms with Crippen molar-refractivity contribution < 1.29 is 14.0 Å². The Balaban J connectivity index is 1.77. The number of carbonyl (C=O) groups excluding carboxylic acids is 2. The molecular formula is C18H19N5O3S. The van der Waals surface area contributed by atoms with Crippen LogP contribution in [0.2, 0.25) is 0 Å². The number of urea groups is 1. The number of amides is 3. The molecule has 0 aliphatic heterocycles. The monoisotopic (exact) mass is 385 g/mol. The van der Waals surface area contributed by atoms with Gasteiger partial charge in [0.2, 0.25) is 5.91 Å². The van der Waals surface area contributed by atoms with Crippen LogP contribution < -0.4 is 10.6 Å². The fourth-order valence-electron chi connectivity index (χ4n) is 2.39. The van der Waals surface area contributed by atoms with E-state index in [9.17, 15) is 9.59 Å². The van der Waals surface area contributed by atoms with E-state index < -0.39 is 11.9 Å². The van der Waals surface area contributed by atoms with Crippen molar-refractivity contribution in [3.05, 3.63) is 54.5 Å². The van der Waals surface area contributed by atoms with Gasteiger partial charge in [0.15, 0.2) is 11.0 Å². The third-order valence-electron chi connectivity index (χ3n) is 3.57. The number of hydrogen-bond donors (Lipinski definition) is 2. The maximum Gasteiger partial charge on any atom is 0.321 e. The summed E-state index contributed by atoms with van der Waals surface area (Å²) in [4.78, 5) is 23.4. The molecule has 0 radical (unpaired) electrons. The quantitative estimate of drug-likeness (QED) is 0.606. The number of thioether (sulfide) groups is 1. The van der Waals surface area contributed by atoms with Gasteiger partial charge in [-0.25, -0.2) is 4.79 Å². The number of nitrogens with zero attached hydrogens (tertiary/aromatic N) is 3. The van der Waals surface area contributed by atoms with E-state index in [1.54, 1.807) is 13.2 Å². The van der Waals surface area contributed by atoms with Crippen molar-refractivity contribution in [3.63, 3.8) is 0 Å². The number of furan rings is 1. The minimum Gasteiger partial charge on any atom is -0.467 e. The van der Waals surface area contributed by atoms with Crippen molar-refractivity contribution in [2.75, 3.05) is 12.3 Å². The summed E-state index contributed by atoms with van der Waals surface area (Å²) in [7, 11) is 0. The summed E-state index contributed by atoms with van der Waals surface area (Å²) in [5.41, 5.74) is 0.912. The minimum atomic E-state index is -0.509. The largest absolute Gasteiger partial charge is 0.467 e. The highest BCUT2D eigenvalue weighted by atomic mass is 32.2. The lowest BCUT2D eigenvalue weighted by atomic mass is 10.2. The van der Waals surface area contributed by atoms with Crippen molar-refractivity contribution in [3.8, 4) is 11.4 Å². The zero-order chi connectivity index (χ0) is 19.1. The topological polar surface area (TPSA) is 102 Å². The molecule has 140 valence electrons. The van der Waals surface area contributed by atoms with E-state index in [1.165, 1.54) is 11.8 Å². The van der Waals surface area contributed by atoms with Crippen LogP contribution >= 0.6 is 11.8 Å². The van der Waals surface area contributed by atoms with E-state index in [-0.39, 0.29) is 5.75 Å². The third kappa shape index (κ3) is 4.98. The van der Waals surface area contributed by atoms with Gasteiger partial charge in [0, 0.05) is 12.1 Å². The molecule has 3 rings (SSSR count). The van der Waals surface area contributed by atoms with Gasteiger partial charge in [-0.05, 0) is 19.1 Å². The summed E-state index contributed by atoms with van der Waals surface area (Å²) >= 11 is 1.21. The molecule has 0 spiro atoms. The number of carbonyl (C=O) groups is 2. The van der Waals surface area contributed by atoms with Gasteiger partial charge in [0.1, 0.15) is 5.76 Å². The average molecular weight is 385 g/mol. The van der Waals surface area contributed by atoms with Gasteiger partial charge < -0.3 is 9.73 Å². The lowest BCUT2D eigenvalue weighted by molar-refractivity contribution is -0.117. The average Bonchev–Trinajstić information content (AvgIpc) is 3.31. The van der Waals surface area contributed by atoms with Crippen molar-refractivity contribution in [1.29, 1.82) is 0 Å². The Morgan fingerprint density at radius 3 is 2.67 bits per heavy atom. The molecule has 2 N–H and O–H groups in total. The third-order valence-corrected chi connectivity index (χ3v) is 4.53. The van der Waals surface area contributed by atoms with E-state index in [4.69, 9.17) is 4.42 Å². The lowest BCUT2D eigenvalue weighted by Crippen LogP contribution is -2.40. The molecule has 0 fully saturated rings. The van der Waals surface area contributed by atoms with E-state index in [2.05, 4.69) is 20.8 Å². The Bertz CT molecular complexity index is 893. The van der Waals surface area contributed by atoms with Crippen LogP contribution in [0.4, 0.5) is 4.79 Å². The highest BCUT2D eigenvalue weighted by Crippen LogP contribution is 2.25. The number of benzene rings is 1. The summed E-state index contributed by atoms with van der Waals surface area (Å²) in [5.74, 6) is 1.07. The van der Waals surface area contributed by atoms with E-state index in [1.807, 2.05) is 47.0 Å². The summed E-state index contributed by atoms with van der Waals surface area (Å²) < 4.78 is 7.33. The summed E-state index contributed by atoms with van der Waals surface area (Å²) in [5, 5.41) is 13.8. The van der Waals surface area contributed by atoms with E-state index in [0.29, 0.717) is 24.1 Å². The fourth-order valence-corrected chi connectivity index (χ4v) is 3.13. The number of nitrogens with one attached hydrogen (secondary N) is 2. The maximum absolute atomic E-state index is 11.9. The Morgan fingerprint density at radius 1 is 1.15 bits per heavy atom. The van der Waals surface area contributed by atoms with Gasteiger partial charge in [-0.1, -0.05) is 42.1 Å². The molecule has 9 heteroatoms. The molecule has 0 unspecified atom stereocenters. The summed E-state index contributed by atoms with van der Waals surface area (Å²) in [6.45, 7) is 2.66. The van der Waals surface area contributed by atoms with Crippen LogP contribution in [0.5, 0.6) is 0 Å². The highest BCUT2D eigenvalue weighted by Gasteiger charge is 2.17. The second kappa shape index (κ2) is 9.04. The fraction of sp³-hybridized carbons (Fsp3) is 0.222. The van der Waals surface area contributed by atoms with Crippen LogP contribution in [0, 0.1) is 0 Å². The molecule has 27 heavy (non-hydrogen) atoms. The van der Waals surface area contributed by atoms with Crippen molar-refractivity contribution in [1.82, 2.24) is 25.4 Å². The molecule has 0 aliphatic rings. The van der Waals surface area contributed by atoms with E-state index >= 15 is 0 Å². The Hall–Kier alpha value is -3.07. The first-order chi connectivity index (χ1) is 13.2. The number of rotatable bonds is 7. The zero-order valence-electron chi connectivity index (χ0n) is 14.7. The van der Waals surface area contributed by atoms with Crippen molar-refractivity contribution >= 4 is 23.7 Å². The summed E-state index contributed by atoms with van der Waals surface area (Å²) in [6.07, 6.45) is 1.61. The standard InChI is InChI=1S/C18H19N5O3S/c1-2-19-17(25)20-15(24)12-27-18-22-21-16(13-7-4-3-5-8-13)23(18)11-14-9-6-10-26-14/h3-10H,2,11-12H2,1H3,(H2,19,20,24,25). The molecule has 0 saturated heterocycles. The minimum absolute atomic E-state index is 0.0439. The first-order valence-electron chi connectivity index (χ1n) is 8.39. The summed E-state index contributed by atoms with van der Waals surface area (Å²) in [6, 6.07) is 12.8. The van der Waals surface area contributed by atoms with Crippen LogP contribution in [0.1, 0.15) is 12.7 Å². The SMILES string of the molecule is CCNC(=O)NC(=O)CSc1nnc(-c2ccccc2)n1Cc1ccco1. The lowest BCUT2D eigenvalue weighted by Gasteiger charge is -2.09. The van der Waals surface area contributed by atoms with Crippen LogP contribution in [-0.2, 0) is 11.3 Å². The second-order valence-corrected chi connectivity index (χ2v) is 6.48. The number of imide groups is 1. The smallest absolute Gasteiger partial charge is 0.321 e. The van der Waals surface area contributed by atoms with Crippen LogP contribution in [0.3, 0.4) is 0 Å². The van der Waals surface area contributed by atoms with Crippen molar-refractivity contribution in [2.24, 2.45) is 0 Å². The molecule has 0 aliphatic carbocycles. The van der Waals surface area contributed by atoms with Gasteiger partial charge in [0.05, 0.1) is 18.6 Å². The number of hydrogen-bond acceptors (Lipinski definition) is 6. The van der Waals surface area contributed by atoms with Gasteiger partial charge in [-0.15, -0.1) is 10.2 Å². The van der Waals surface area contributed by atoms with Gasteiger partial charge in [-0.2, -0.15) is 0 Å². The first kappa shape index (κ1) is 18.7. The Kier molecular flexibility index (Phi) is 6.26. The Morgan fingerprint density at radius 2 is 1.96 bits per heavy atom. The normalized spacial score (nSPS) is 10.6. The molecule has 8 nitrogen and oxygen atoms in total. The molecule has 0 saturated carbocycles. The molecule has 0 bridgehead atoms.